The van der Waals surface area contributed by atoms with Crippen LogP contribution in [-0.4, -0.2) is 63.8 Å². The van der Waals surface area contributed by atoms with Crippen molar-refractivity contribution in [3.63, 3.8) is 0 Å². The van der Waals surface area contributed by atoms with Crippen LogP contribution in [0.4, 0.5) is 35.1 Å². The average molecular weight is 690 g/mol. The van der Waals surface area contributed by atoms with Crippen molar-refractivity contribution in [2.75, 3.05) is 43.0 Å². The number of likely N-dealkylation sites (tertiary alicyclic amines) is 1. The zero-order chi connectivity index (χ0) is 33.1. The Labute approximate surface area is 285 Å². The number of para-hydroxylation sites is 1. The molecule has 1 N–H and O–H groups in total. The van der Waals surface area contributed by atoms with Crippen LogP contribution < -0.4 is 15.0 Å². The Balaban J connectivity index is 0.919. The highest BCUT2D eigenvalue weighted by molar-refractivity contribution is 7.22. The number of anilines is 4. The van der Waals surface area contributed by atoms with Gasteiger partial charge in [0.05, 0.1) is 29.9 Å². The first-order chi connectivity index (χ1) is 23.3. The molecule has 5 aromatic rings. The molecule has 0 bridgehead atoms. The fraction of sp³-hybridized carbons (Fsp3) is 0.371. The van der Waals surface area contributed by atoms with Crippen LogP contribution in [0.15, 0.2) is 48.7 Å². The zero-order valence-corrected chi connectivity index (χ0v) is 28.1. The van der Waals surface area contributed by atoms with E-state index in [0.717, 1.165) is 73.9 Å². The monoisotopic (exact) mass is 689 g/mol. The largest absolute Gasteiger partial charge is 0.491 e. The van der Waals surface area contributed by atoms with Gasteiger partial charge in [-0.25, -0.2) is 23.1 Å². The SMILES string of the molecule is Cc1c(Nc2nc3ccccc3s2)nnc2c1CCCN2c1ncc(CCCOc2ccc(C#CCN3CCCC(F)(F)C3)cc2F)s1. The minimum absolute atomic E-state index is 0.0786. The van der Waals surface area contributed by atoms with Crippen LogP contribution in [0.25, 0.3) is 10.2 Å². The van der Waals surface area contributed by atoms with Gasteiger partial charge in [-0.05, 0) is 75.9 Å². The van der Waals surface area contributed by atoms with E-state index in [1.807, 2.05) is 24.4 Å². The van der Waals surface area contributed by atoms with E-state index in [9.17, 15) is 13.2 Å². The van der Waals surface area contributed by atoms with Gasteiger partial charge in [0.1, 0.15) is 0 Å². The first kappa shape index (κ1) is 32.3. The first-order valence-corrected chi connectivity index (χ1v) is 17.7. The zero-order valence-electron chi connectivity index (χ0n) is 26.4. The summed E-state index contributed by atoms with van der Waals surface area (Å²) in [5.41, 5.74) is 3.67. The van der Waals surface area contributed by atoms with Crippen molar-refractivity contribution in [3.05, 3.63) is 76.0 Å². The van der Waals surface area contributed by atoms with Crippen molar-refractivity contribution in [2.45, 2.75) is 51.4 Å². The first-order valence-electron chi connectivity index (χ1n) is 16.0. The van der Waals surface area contributed by atoms with Crippen LogP contribution in [0.1, 0.15) is 47.3 Å². The molecular weight excluding hydrogens is 656 g/mol. The Hall–Kier alpha value is -4.25. The highest BCUT2D eigenvalue weighted by Gasteiger charge is 2.34. The van der Waals surface area contributed by atoms with Gasteiger partial charge in [-0.15, -0.1) is 21.5 Å². The highest BCUT2D eigenvalue weighted by atomic mass is 32.1. The number of nitrogens with zero attached hydrogens (tertiary/aromatic N) is 6. The molecule has 0 amide bonds. The minimum Gasteiger partial charge on any atom is -0.491 e. The van der Waals surface area contributed by atoms with Gasteiger partial charge < -0.3 is 15.0 Å². The minimum atomic E-state index is -2.66. The maximum atomic E-state index is 14.7. The molecule has 3 aromatic heterocycles. The maximum Gasteiger partial charge on any atom is 0.260 e. The summed E-state index contributed by atoms with van der Waals surface area (Å²) in [5, 5.41) is 14.2. The number of hydrogen-bond donors (Lipinski definition) is 1. The quantitative estimate of drug-likeness (QED) is 0.124. The Morgan fingerprint density at radius 2 is 1.98 bits per heavy atom. The van der Waals surface area contributed by atoms with Gasteiger partial charge in [0, 0.05) is 40.7 Å². The molecule has 1 saturated heterocycles. The number of rotatable bonds is 9. The molecule has 2 aromatic carbocycles. The summed E-state index contributed by atoms with van der Waals surface area (Å²) < 4.78 is 48.7. The van der Waals surface area contributed by atoms with E-state index in [0.29, 0.717) is 31.6 Å². The molecule has 0 spiro atoms. The Kier molecular flexibility index (Phi) is 9.48. The number of piperidine rings is 1. The van der Waals surface area contributed by atoms with Gasteiger partial charge >= 0.3 is 0 Å². The molecule has 0 atom stereocenters. The van der Waals surface area contributed by atoms with Gasteiger partial charge in [0.2, 0.25) is 0 Å². The van der Waals surface area contributed by atoms with E-state index < -0.39 is 11.7 Å². The van der Waals surface area contributed by atoms with Gasteiger partial charge in [0.15, 0.2) is 33.5 Å². The second-order valence-electron chi connectivity index (χ2n) is 12.0. The molecule has 2 aliphatic heterocycles. The lowest BCUT2D eigenvalue weighted by Crippen LogP contribution is -2.42. The number of aryl methyl sites for hydroxylation is 1. The van der Waals surface area contributed by atoms with Gasteiger partial charge in [-0.2, -0.15) is 0 Å². The van der Waals surface area contributed by atoms with Crippen molar-refractivity contribution >= 4 is 54.8 Å². The molecule has 0 radical (unpaired) electrons. The molecule has 7 rings (SSSR count). The second kappa shape index (κ2) is 14.1. The summed E-state index contributed by atoms with van der Waals surface area (Å²) in [7, 11) is 0. The van der Waals surface area contributed by atoms with Crippen molar-refractivity contribution in [1.82, 2.24) is 25.1 Å². The van der Waals surface area contributed by atoms with Crippen LogP contribution in [0, 0.1) is 24.6 Å². The highest BCUT2D eigenvalue weighted by Crippen LogP contribution is 2.38. The standard InChI is InChI=1S/C35H34F3N7OS2/c1-23-26-10-5-18-45(32(26)43-42-31(23)41-33-40-28-11-2-3-12-30(28)48-33)34-39-21-25(47-34)9-6-19-46-29-14-13-24(20-27(29)36)8-4-16-44-17-7-15-35(37,38)22-44/h2-3,11-14,20-21H,5-7,9-10,15-19,22H2,1H3,(H,40,41,42). The van der Waals surface area contributed by atoms with E-state index in [4.69, 9.17) is 9.72 Å². The predicted molar refractivity (Wildman–Crippen MR) is 185 cm³/mol. The molecule has 2 aliphatic rings. The summed E-state index contributed by atoms with van der Waals surface area (Å²) in [6, 6.07) is 12.6. The number of thiazole rings is 2. The lowest BCUT2D eigenvalue weighted by Gasteiger charge is -2.30. The van der Waals surface area contributed by atoms with Gasteiger partial charge in [0.25, 0.3) is 5.92 Å². The number of benzene rings is 2. The molecule has 0 unspecified atom stereocenters. The Bertz CT molecular complexity index is 1950. The van der Waals surface area contributed by atoms with Crippen LogP contribution in [0.2, 0.25) is 0 Å². The molecular formula is C35H34F3N7OS2. The number of hydrogen-bond acceptors (Lipinski definition) is 10. The fourth-order valence-corrected chi connectivity index (χ4v) is 7.85. The Morgan fingerprint density at radius 3 is 2.83 bits per heavy atom. The third-order valence-corrected chi connectivity index (χ3v) is 10.5. The van der Waals surface area contributed by atoms with Crippen LogP contribution in [0.5, 0.6) is 5.75 Å². The van der Waals surface area contributed by atoms with E-state index in [1.54, 1.807) is 39.7 Å². The van der Waals surface area contributed by atoms with Crippen LogP contribution in [-0.2, 0) is 12.8 Å². The lowest BCUT2D eigenvalue weighted by atomic mass is 10.0. The summed E-state index contributed by atoms with van der Waals surface area (Å²) in [4.78, 5) is 14.3. The van der Waals surface area contributed by atoms with E-state index in [2.05, 4.69) is 50.2 Å². The summed E-state index contributed by atoms with van der Waals surface area (Å²) in [6.45, 7) is 3.79. The number of fused-ring (bicyclic) bond motifs is 2. The second-order valence-corrected chi connectivity index (χ2v) is 14.1. The molecule has 0 aliphatic carbocycles. The molecule has 248 valence electrons. The molecule has 0 saturated carbocycles. The number of halogens is 3. The number of ether oxygens (including phenoxy) is 1. The lowest BCUT2D eigenvalue weighted by molar-refractivity contribution is -0.0604. The molecule has 13 heteroatoms. The number of aromatic nitrogens is 4. The summed E-state index contributed by atoms with van der Waals surface area (Å²) in [5.74, 6) is 4.33. The third kappa shape index (κ3) is 7.41. The normalized spacial score (nSPS) is 16.0. The molecule has 8 nitrogen and oxygen atoms in total. The topological polar surface area (TPSA) is 79.3 Å². The summed E-state index contributed by atoms with van der Waals surface area (Å²) in [6.07, 6.45) is 5.60. The summed E-state index contributed by atoms with van der Waals surface area (Å²) >= 11 is 3.21. The average Bonchev–Trinajstić information content (AvgIpc) is 3.71. The third-order valence-electron chi connectivity index (χ3n) is 8.44. The van der Waals surface area contributed by atoms with E-state index in [1.165, 1.54) is 6.07 Å². The molecule has 48 heavy (non-hydrogen) atoms. The maximum absolute atomic E-state index is 14.7. The fourth-order valence-electron chi connectivity index (χ4n) is 6.01. The smallest absolute Gasteiger partial charge is 0.260 e. The van der Waals surface area contributed by atoms with Crippen LogP contribution >= 0.6 is 22.7 Å². The predicted octanol–water partition coefficient (Wildman–Crippen LogP) is 7.91. The van der Waals surface area contributed by atoms with E-state index >= 15 is 0 Å². The van der Waals surface area contributed by atoms with Crippen molar-refractivity contribution < 1.29 is 17.9 Å². The van der Waals surface area contributed by atoms with Crippen molar-refractivity contribution in [2.24, 2.45) is 0 Å². The molecule has 1 fully saturated rings. The van der Waals surface area contributed by atoms with Crippen LogP contribution in [0.3, 0.4) is 0 Å². The number of alkyl halides is 2. The van der Waals surface area contributed by atoms with Gasteiger partial charge in [-0.3, -0.25) is 4.90 Å². The van der Waals surface area contributed by atoms with Gasteiger partial charge in [-0.1, -0.05) is 35.3 Å². The number of nitrogens with one attached hydrogen (secondary N) is 1. The van der Waals surface area contributed by atoms with Crippen molar-refractivity contribution in [1.29, 1.82) is 0 Å². The Morgan fingerprint density at radius 1 is 1.08 bits per heavy atom. The van der Waals surface area contributed by atoms with Crippen molar-refractivity contribution in [3.8, 4) is 17.6 Å². The molecule has 5 heterocycles. The van der Waals surface area contributed by atoms with E-state index in [-0.39, 0.29) is 25.3 Å².